The van der Waals surface area contributed by atoms with Crippen LogP contribution >= 0.6 is 141 Å². The predicted molar refractivity (Wildman–Crippen MR) is 172 cm³/mol. The van der Waals surface area contributed by atoms with Gasteiger partial charge in [-0.05, 0) is 47.3 Å². The Labute approximate surface area is 244 Å². The maximum absolute atomic E-state index is 2.22. The van der Waals surface area contributed by atoms with Crippen LogP contribution in [0.3, 0.4) is 0 Å². The molecule has 168 valence electrons. The highest BCUT2D eigenvalue weighted by Gasteiger charge is 2.54. The van der Waals surface area contributed by atoms with Crippen molar-refractivity contribution < 1.29 is 0 Å². The number of rotatable bonds is 0. The van der Waals surface area contributed by atoms with Gasteiger partial charge >= 0.3 is 0 Å². The van der Waals surface area contributed by atoms with Crippen LogP contribution in [-0.2, 0) is 0 Å². The van der Waals surface area contributed by atoms with Gasteiger partial charge in [-0.25, -0.2) is 0 Å². The minimum atomic E-state index is 0.308. The Morgan fingerprint density at radius 3 is 1.18 bits per heavy atom. The average Bonchev–Trinajstić information content (AvgIpc) is 3.64. The molecule has 0 aromatic heterocycles. The molecular weight excluding hydrogens is 637 g/mol. The fourth-order valence-corrected chi connectivity index (χ4v) is 21.8. The van der Waals surface area contributed by atoms with Crippen molar-refractivity contribution in [2.24, 2.45) is 5.41 Å². The Balaban J connectivity index is 1.05. The average molecular weight is 649 g/mol. The molecule has 0 atom stereocenters. The highest BCUT2D eigenvalue weighted by molar-refractivity contribution is 8.44. The van der Waals surface area contributed by atoms with Crippen LogP contribution in [0.4, 0.5) is 0 Å². The van der Waals surface area contributed by atoms with E-state index in [0.29, 0.717) is 5.41 Å². The molecule has 2 aliphatic carbocycles. The van der Waals surface area contributed by atoms with Crippen molar-refractivity contribution in [1.29, 1.82) is 0 Å². The fourth-order valence-electron chi connectivity index (χ4n) is 4.58. The molecule has 0 nitrogen and oxygen atoms in total. The first-order chi connectivity index (χ1) is 16.3. The van der Waals surface area contributed by atoms with Gasteiger partial charge in [-0.15, -0.1) is 0 Å². The summed E-state index contributed by atoms with van der Waals surface area (Å²) in [6.07, 6.45) is 5.18. The van der Waals surface area contributed by atoms with Gasteiger partial charge in [0.05, 0.1) is 33.9 Å². The molecule has 33 heavy (non-hydrogen) atoms. The number of allylic oxidation sites excluding steroid dienone is 4. The number of thioether (sulfide) groups is 12. The molecule has 0 radical (unpaired) electrons. The molecule has 8 aliphatic rings. The smallest absolute Gasteiger partial charge is 0.0717 e. The summed E-state index contributed by atoms with van der Waals surface area (Å²) in [6, 6.07) is 0. The molecule has 6 aliphatic heterocycles. The molecule has 0 bridgehead atoms. The van der Waals surface area contributed by atoms with E-state index in [1.54, 1.807) is 28.1 Å². The second-order valence-corrected chi connectivity index (χ2v) is 21.8. The van der Waals surface area contributed by atoms with Crippen LogP contribution in [0.1, 0.15) is 25.7 Å². The molecule has 0 N–H and O–H groups in total. The van der Waals surface area contributed by atoms with Crippen LogP contribution in [-0.4, -0.2) is 0 Å². The van der Waals surface area contributed by atoms with Crippen LogP contribution in [0.5, 0.6) is 0 Å². The summed E-state index contributed by atoms with van der Waals surface area (Å²) in [5.41, 5.74) is 0.308. The zero-order chi connectivity index (χ0) is 21.6. The van der Waals surface area contributed by atoms with Gasteiger partial charge < -0.3 is 0 Å². The lowest BCUT2D eigenvalue weighted by Gasteiger charge is -2.29. The molecule has 0 saturated carbocycles. The molecular formula is C21H12S12. The topological polar surface area (TPSA) is 0 Å². The van der Waals surface area contributed by atoms with Crippen molar-refractivity contribution in [3.05, 3.63) is 75.2 Å². The molecule has 0 saturated heterocycles. The summed E-state index contributed by atoms with van der Waals surface area (Å²) >= 11 is 24.0. The van der Waals surface area contributed by atoms with Gasteiger partial charge in [0.1, 0.15) is 0 Å². The lowest BCUT2D eigenvalue weighted by Crippen LogP contribution is -2.16. The first kappa shape index (κ1) is 23.0. The zero-order valence-electron chi connectivity index (χ0n) is 16.5. The van der Waals surface area contributed by atoms with E-state index in [9.17, 15) is 0 Å². The third-order valence-corrected chi connectivity index (χ3v) is 23.2. The van der Waals surface area contributed by atoms with E-state index in [-0.39, 0.29) is 0 Å². The number of hydrogen-bond acceptors (Lipinski definition) is 12. The first-order valence-electron chi connectivity index (χ1n) is 10.1. The van der Waals surface area contributed by atoms with Crippen LogP contribution in [0, 0.1) is 5.41 Å². The van der Waals surface area contributed by atoms with E-state index >= 15 is 0 Å². The second kappa shape index (κ2) is 9.10. The molecule has 1 spiro atoms. The van der Waals surface area contributed by atoms with Gasteiger partial charge in [-0.1, -0.05) is 141 Å². The first-order valence-corrected chi connectivity index (χ1v) is 20.2. The third kappa shape index (κ3) is 3.81. The highest BCUT2D eigenvalue weighted by Crippen LogP contribution is 2.77. The quantitative estimate of drug-likeness (QED) is 0.245. The molecule has 0 amide bonds. The van der Waals surface area contributed by atoms with E-state index in [1.807, 2.05) is 94.1 Å². The van der Waals surface area contributed by atoms with E-state index in [1.165, 1.54) is 51.1 Å². The van der Waals surface area contributed by atoms with Crippen molar-refractivity contribution in [3.63, 3.8) is 0 Å². The van der Waals surface area contributed by atoms with Crippen molar-refractivity contribution in [2.75, 3.05) is 0 Å². The van der Waals surface area contributed by atoms with E-state index in [0.717, 1.165) is 0 Å². The minimum absolute atomic E-state index is 0.308. The SMILES string of the molecule is C1=CSC2=C(S1)SC(=C1SC3=C(S1)C1(CC3)CCC3=C1SC(=C1SC4=C(SC=CS4)S1)S3)S2. The van der Waals surface area contributed by atoms with Crippen LogP contribution in [0.25, 0.3) is 0 Å². The summed E-state index contributed by atoms with van der Waals surface area (Å²) < 4.78 is 12.1. The summed E-state index contributed by atoms with van der Waals surface area (Å²) in [7, 11) is 0. The molecule has 6 heterocycles. The van der Waals surface area contributed by atoms with Gasteiger partial charge in [0, 0.05) is 25.0 Å². The number of hydrogen-bond donors (Lipinski definition) is 0. The standard InChI is InChI=1S/C21H12S12/c1-3-21(11-9(1)26-17(28-11)19-30-13-14(31-19)23-6-5-22-13)4-2-10-12(21)29-18(27-10)20-32-15-16(33-20)25-8-7-24-15/h5-8H,1-4H2. The van der Waals surface area contributed by atoms with Crippen LogP contribution in [0.15, 0.2) is 75.2 Å². The Morgan fingerprint density at radius 1 is 0.424 bits per heavy atom. The summed E-state index contributed by atoms with van der Waals surface area (Å²) in [5.74, 6) is 0. The Morgan fingerprint density at radius 2 is 0.788 bits per heavy atom. The molecule has 0 aromatic rings. The summed E-state index contributed by atoms with van der Waals surface area (Å²) in [5, 5.41) is 8.89. The number of fused-ring (bicyclic) bond motifs is 2. The predicted octanol–water partition coefficient (Wildman–Crippen LogP) is 12.3. The van der Waals surface area contributed by atoms with Gasteiger partial charge in [0.15, 0.2) is 0 Å². The van der Waals surface area contributed by atoms with E-state index in [2.05, 4.69) is 68.7 Å². The molecule has 12 heteroatoms. The van der Waals surface area contributed by atoms with Gasteiger partial charge in [0.25, 0.3) is 0 Å². The van der Waals surface area contributed by atoms with Crippen LogP contribution < -0.4 is 0 Å². The maximum atomic E-state index is 2.22. The Bertz CT molecular complexity index is 1130. The van der Waals surface area contributed by atoms with E-state index in [4.69, 9.17) is 0 Å². The zero-order valence-corrected chi connectivity index (χ0v) is 26.3. The monoisotopic (exact) mass is 648 g/mol. The third-order valence-electron chi connectivity index (χ3n) is 5.97. The molecule has 8 rings (SSSR count). The molecule has 0 unspecified atom stereocenters. The summed E-state index contributed by atoms with van der Waals surface area (Å²) in [4.78, 5) is 6.77. The van der Waals surface area contributed by atoms with Crippen LogP contribution in [0.2, 0.25) is 0 Å². The van der Waals surface area contributed by atoms with Crippen molar-refractivity contribution in [3.8, 4) is 0 Å². The molecule has 0 aromatic carbocycles. The molecule has 0 fully saturated rings. The lowest BCUT2D eigenvalue weighted by molar-refractivity contribution is 0.458. The maximum Gasteiger partial charge on any atom is 0.0717 e. The van der Waals surface area contributed by atoms with Crippen molar-refractivity contribution in [1.82, 2.24) is 0 Å². The van der Waals surface area contributed by atoms with Crippen molar-refractivity contribution in [2.45, 2.75) is 25.7 Å². The van der Waals surface area contributed by atoms with Crippen molar-refractivity contribution >= 4 is 141 Å². The minimum Gasteiger partial charge on any atom is -0.0884 e. The normalized spacial score (nSPS) is 29.6. The highest BCUT2D eigenvalue weighted by atomic mass is 32.3. The van der Waals surface area contributed by atoms with Gasteiger partial charge in [-0.3, -0.25) is 0 Å². The fraction of sp³-hybridized carbons (Fsp3) is 0.238. The second-order valence-electron chi connectivity index (χ2n) is 7.72. The Kier molecular flexibility index (Phi) is 6.36. The largest absolute Gasteiger partial charge is 0.0884 e. The summed E-state index contributed by atoms with van der Waals surface area (Å²) in [6.45, 7) is 0. The Hall–Kier alpha value is 2.12. The van der Waals surface area contributed by atoms with E-state index < -0.39 is 0 Å². The van der Waals surface area contributed by atoms with Gasteiger partial charge in [0.2, 0.25) is 0 Å². The van der Waals surface area contributed by atoms with Gasteiger partial charge in [-0.2, -0.15) is 0 Å². The lowest BCUT2D eigenvalue weighted by atomic mass is 9.87.